The van der Waals surface area contributed by atoms with Gasteiger partial charge in [-0.25, -0.2) is 0 Å². The smallest absolute Gasteiger partial charge is 0.246 e. The Balaban J connectivity index is 1.35. The number of nitrogens with zero attached hydrogens (tertiary/aromatic N) is 2. The van der Waals surface area contributed by atoms with E-state index in [0.717, 1.165) is 30.0 Å². The van der Waals surface area contributed by atoms with E-state index < -0.39 is 0 Å². The number of nitrogens with one attached hydrogen (secondary N) is 1. The lowest BCUT2D eigenvalue weighted by molar-refractivity contribution is -0.126. The van der Waals surface area contributed by atoms with Gasteiger partial charge in [0.15, 0.2) is 5.82 Å². The molecule has 2 aromatic rings. The van der Waals surface area contributed by atoms with Crippen LogP contribution >= 0.6 is 11.6 Å². The Bertz CT molecular complexity index is 742. The van der Waals surface area contributed by atoms with Crippen LogP contribution in [0.25, 0.3) is 0 Å². The molecule has 0 radical (unpaired) electrons. The Morgan fingerprint density at radius 2 is 2.26 bits per heavy atom. The van der Waals surface area contributed by atoms with Gasteiger partial charge in [-0.05, 0) is 43.0 Å². The molecule has 1 amide bonds. The van der Waals surface area contributed by atoms with Gasteiger partial charge in [0.1, 0.15) is 12.4 Å². The summed E-state index contributed by atoms with van der Waals surface area (Å²) in [6, 6.07) is 5.47. The van der Waals surface area contributed by atoms with E-state index >= 15 is 0 Å². The lowest BCUT2D eigenvalue weighted by Crippen LogP contribution is -2.37. The van der Waals surface area contributed by atoms with E-state index in [9.17, 15) is 4.79 Å². The van der Waals surface area contributed by atoms with Crippen molar-refractivity contribution in [1.29, 1.82) is 0 Å². The lowest BCUT2D eigenvalue weighted by atomic mass is 9.96. The summed E-state index contributed by atoms with van der Waals surface area (Å²) in [4.78, 5) is 16.6. The number of rotatable bonds is 4. The zero-order valence-corrected chi connectivity index (χ0v) is 13.2. The van der Waals surface area contributed by atoms with Crippen LogP contribution in [0.15, 0.2) is 22.7 Å². The molecule has 0 spiro atoms. The zero-order valence-electron chi connectivity index (χ0n) is 12.4. The first-order valence-corrected chi connectivity index (χ1v) is 8.08. The van der Waals surface area contributed by atoms with Crippen LogP contribution in [0.5, 0.6) is 5.75 Å². The summed E-state index contributed by atoms with van der Waals surface area (Å²) in [5.41, 5.74) is 0.956. The van der Waals surface area contributed by atoms with Gasteiger partial charge in [0.05, 0.1) is 12.5 Å². The van der Waals surface area contributed by atoms with Crippen LogP contribution in [0.2, 0.25) is 5.02 Å². The molecule has 0 bridgehead atoms. The molecular formula is C16H16ClN3O3. The molecule has 6 nitrogen and oxygen atoms in total. The van der Waals surface area contributed by atoms with Crippen molar-refractivity contribution in [3.63, 3.8) is 0 Å². The summed E-state index contributed by atoms with van der Waals surface area (Å²) in [6.07, 6.45) is 2.85. The number of carbonyl (C=O) groups is 1. The highest BCUT2D eigenvalue weighted by Crippen LogP contribution is 2.38. The third-order valence-electron chi connectivity index (χ3n) is 4.14. The minimum Gasteiger partial charge on any atom is -0.492 e. The molecule has 4 rings (SSSR count). The molecule has 1 atom stereocenters. The molecule has 1 fully saturated rings. The van der Waals surface area contributed by atoms with Gasteiger partial charge in [-0.3, -0.25) is 4.79 Å². The molecule has 2 aliphatic rings. The summed E-state index contributed by atoms with van der Waals surface area (Å²) >= 11 is 5.99. The predicted molar refractivity (Wildman–Crippen MR) is 82.3 cm³/mol. The van der Waals surface area contributed by atoms with Gasteiger partial charge in [-0.1, -0.05) is 16.8 Å². The monoisotopic (exact) mass is 333 g/mol. The molecule has 1 aromatic heterocycles. The first-order valence-electron chi connectivity index (χ1n) is 7.70. The van der Waals surface area contributed by atoms with E-state index in [1.165, 1.54) is 0 Å². The van der Waals surface area contributed by atoms with Crippen molar-refractivity contribution in [3.05, 3.63) is 40.5 Å². The maximum atomic E-state index is 12.3. The average molecular weight is 334 g/mol. The molecule has 0 saturated heterocycles. The van der Waals surface area contributed by atoms with Crippen LogP contribution in [-0.4, -0.2) is 22.7 Å². The average Bonchev–Trinajstić information content (AvgIpc) is 3.30. The first kappa shape index (κ1) is 14.5. The van der Waals surface area contributed by atoms with Crippen molar-refractivity contribution >= 4 is 17.5 Å². The van der Waals surface area contributed by atoms with Gasteiger partial charge < -0.3 is 14.6 Å². The van der Waals surface area contributed by atoms with E-state index in [0.29, 0.717) is 29.9 Å². The summed E-state index contributed by atoms with van der Waals surface area (Å²) in [7, 11) is 0. The Morgan fingerprint density at radius 3 is 3.09 bits per heavy atom. The highest BCUT2D eigenvalue weighted by atomic mass is 35.5. The van der Waals surface area contributed by atoms with Crippen LogP contribution < -0.4 is 10.1 Å². The minimum atomic E-state index is -0.244. The molecule has 1 aliphatic heterocycles. The quantitative estimate of drug-likeness (QED) is 0.930. The molecule has 7 heteroatoms. The van der Waals surface area contributed by atoms with E-state index in [4.69, 9.17) is 20.9 Å². The van der Waals surface area contributed by atoms with Gasteiger partial charge in [0.25, 0.3) is 0 Å². The molecule has 1 saturated carbocycles. The molecule has 1 N–H and O–H groups in total. The molecule has 23 heavy (non-hydrogen) atoms. The molecular weight excluding hydrogens is 318 g/mol. The van der Waals surface area contributed by atoms with E-state index in [1.807, 2.05) is 12.1 Å². The van der Waals surface area contributed by atoms with Crippen LogP contribution in [0.1, 0.15) is 36.0 Å². The number of aromatic nitrogens is 2. The van der Waals surface area contributed by atoms with Gasteiger partial charge in [-0.2, -0.15) is 4.98 Å². The van der Waals surface area contributed by atoms with Gasteiger partial charge in [0.2, 0.25) is 11.8 Å². The van der Waals surface area contributed by atoms with Crippen molar-refractivity contribution in [3.8, 4) is 5.75 Å². The third kappa shape index (κ3) is 3.17. The van der Waals surface area contributed by atoms with E-state index in [1.54, 1.807) is 6.07 Å². The van der Waals surface area contributed by atoms with Crippen molar-refractivity contribution in [2.45, 2.75) is 31.7 Å². The van der Waals surface area contributed by atoms with Crippen LogP contribution in [-0.2, 0) is 17.8 Å². The Kier molecular flexibility index (Phi) is 3.69. The fourth-order valence-corrected chi connectivity index (χ4v) is 2.88. The Hall–Kier alpha value is -2.08. The summed E-state index contributed by atoms with van der Waals surface area (Å²) in [5, 5.41) is 7.42. The van der Waals surface area contributed by atoms with Crippen molar-refractivity contribution < 1.29 is 14.1 Å². The number of carbonyl (C=O) groups excluding carboxylic acids is 1. The second kappa shape index (κ2) is 5.85. The summed E-state index contributed by atoms with van der Waals surface area (Å²) < 4.78 is 10.8. The summed E-state index contributed by atoms with van der Waals surface area (Å²) in [5.74, 6) is 2.11. The fourth-order valence-electron chi connectivity index (χ4n) is 2.69. The molecule has 120 valence electrons. The predicted octanol–water partition coefficient (Wildman–Crippen LogP) is 2.47. The number of ether oxygens (including phenoxy) is 1. The highest BCUT2D eigenvalue weighted by Gasteiger charge is 2.29. The Labute approximate surface area is 138 Å². The van der Waals surface area contributed by atoms with Gasteiger partial charge in [-0.15, -0.1) is 0 Å². The van der Waals surface area contributed by atoms with Gasteiger partial charge >= 0.3 is 0 Å². The number of hydrogen-bond acceptors (Lipinski definition) is 5. The van der Waals surface area contributed by atoms with Crippen molar-refractivity contribution in [2.24, 2.45) is 5.92 Å². The van der Waals surface area contributed by atoms with Crippen molar-refractivity contribution in [1.82, 2.24) is 15.5 Å². The van der Waals surface area contributed by atoms with Gasteiger partial charge in [0, 0.05) is 10.9 Å². The lowest BCUT2D eigenvalue weighted by Gasteiger charge is -2.24. The first-order chi connectivity index (χ1) is 11.2. The second-order valence-electron chi connectivity index (χ2n) is 6.00. The number of halogens is 1. The highest BCUT2D eigenvalue weighted by molar-refractivity contribution is 6.30. The van der Waals surface area contributed by atoms with E-state index in [-0.39, 0.29) is 18.4 Å². The number of hydrogen-bond donors (Lipinski definition) is 1. The SMILES string of the molecule is O=C(NCc1nc(C2CC2)no1)C1COc2ccc(Cl)cc2C1. The third-order valence-corrected chi connectivity index (χ3v) is 4.37. The summed E-state index contributed by atoms with van der Waals surface area (Å²) in [6.45, 7) is 0.606. The van der Waals surface area contributed by atoms with E-state index in [2.05, 4.69) is 15.5 Å². The van der Waals surface area contributed by atoms with Crippen LogP contribution in [0.3, 0.4) is 0 Å². The molecule has 1 aliphatic carbocycles. The number of amides is 1. The van der Waals surface area contributed by atoms with Crippen molar-refractivity contribution in [2.75, 3.05) is 6.61 Å². The topological polar surface area (TPSA) is 77.3 Å². The molecule has 1 aromatic carbocycles. The van der Waals surface area contributed by atoms with Crippen LogP contribution in [0, 0.1) is 5.92 Å². The standard InChI is InChI=1S/C16H16ClN3O3/c17-12-3-4-13-10(6-12)5-11(8-22-13)16(21)18-7-14-19-15(20-23-14)9-1-2-9/h3-4,6,9,11H,1-2,5,7-8H2,(H,18,21). The fraction of sp³-hybridized carbons (Fsp3) is 0.438. The largest absolute Gasteiger partial charge is 0.492 e. The van der Waals surface area contributed by atoms with Crippen LogP contribution in [0.4, 0.5) is 0 Å². The Morgan fingerprint density at radius 1 is 1.39 bits per heavy atom. The minimum absolute atomic E-state index is 0.0817. The second-order valence-corrected chi connectivity index (χ2v) is 6.44. The molecule has 1 unspecified atom stereocenters. The number of benzene rings is 1. The zero-order chi connectivity index (χ0) is 15.8. The normalized spacial score (nSPS) is 19.8. The maximum absolute atomic E-state index is 12.3. The molecule has 2 heterocycles. The number of fused-ring (bicyclic) bond motifs is 1. The maximum Gasteiger partial charge on any atom is 0.246 e.